The van der Waals surface area contributed by atoms with Gasteiger partial charge in [-0.25, -0.2) is 4.98 Å². The second-order valence-electron chi connectivity index (χ2n) is 6.97. The number of fused-ring (bicyclic) bond motifs is 1. The van der Waals surface area contributed by atoms with Crippen molar-refractivity contribution in [1.29, 1.82) is 0 Å². The Morgan fingerprint density at radius 3 is 2.67 bits per heavy atom. The van der Waals surface area contributed by atoms with Crippen molar-refractivity contribution in [1.82, 2.24) is 9.88 Å². The number of para-hydroxylation sites is 1. The van der Waals surface area contributed by atoms with E-state index in [2.05, 4.69) is 21.3 Å². The molecule has 1 aliphatic rings. The van der Waals surface area contributed by atoms with E-state index in [1.807, 2.05) is 36.4 Å². The van der Waals surface area contributed by atoms with Crippen LogP contribution in [0.15, 0.2) is 42.5 Å². The lowest BCUT2D eigenvalue weighted by molar-refractivity contribution is 0.331. The van der Waals surface area contributed by atoms with Crippen LogP contribution in [0.2, 0.25) is 10.2 Å². The molecule has 1 aliphatic heterocycles. The van der Waals surface area contributed by atoms with Crippen LogP contribution >= 0.6 is 23.2 Å². The highest BCUT2D eigenvalue weighted by Crippen LogP contribution is 2.33. The first kappa shape index (κ1) is 18.4. The molecule has 2 heterocycles. The number of nitrogens with zero attached hydrogens (tertiary/aromatic N) is 2. The van der Waals surface area contributed by atoms with Crippen LogP contribution in [-0.4, -0.2) is 23.0 Å². The Kier molecular flexibility index (Phi) is 5.39. The number of likely N-dealkylation sites (tertiary alicyclic amines) is 1. The number of aromatic nitrogens is 1. The molecule has 3 N–H and O–H groups in total. The van der Waals surface area contributed by atoms with Crippen molar-refractivity contribution in [2.45, 2.75) is 25.9 Å². The number of hydrogen-bond acceptors (Lipinski definition) is 4. The van der Waals surface area contributed by atoms with Gasteiger partial charge >= 0.3 is 0 Å². The van der Waals surface area contributed by atoms with Gasteiger partial charge in [0.05, 0.1) is 16.9 Å². The maximum absolute atomic E-state index is 6.42. The van der Waals surface area contributed by atoms with E-state index >= 15 is 0 Å². The van der Waals surface area contributed by atoms with Crippen molar-refractivity contribution < 1.29 is 0 Å². The maximum Gasteiger partial charge on any atom is 0.154 e. The van der Waals surface area contributed by atoms with Crippen molar-refractivity contribution in [2.24, 2.45) is 0 Å². The summed E-state index contributed by atoms with van der Waals surface area (Å²) < 4.78 is 0. The van der Waals surface area contributed by atoms with Crippen molar-refractivity contribution >= 4 is 45.5 Å². The van der Waals surface area contributed by atoms with E-state index in [-0.39, 0.29) is 0 Å². The fraction of sp³-hybridized carbons (Fsp3) is 0.286. The molecule has 140 valence electrons. The number of nitrogens with two attached hydrogens (primary N) is 1. The molecule has 0 saturated carbocycles. The summed E-state index contributed by atoms with van der Waals surface area (Å²) in [5.41, 5.74) is 10.6. The van der Waals surface area contributed by atoms with Crippen molar-refractivity contribution in [2.75, 3.05) is 24.1 Å². The quantitative estimate of drug-likeness (QED) is 0.568. The fourth-order valence-electron chi connectivity index (χ4n) is 3.62. The second kappa shape index (κ2) is 7.93. The zero-order valence-corrected chi connectivity index (χ0v) is 16.5. The van der Waals surface area contributed by atoms with Crippen LogP contribution in [0.25, 0.3) is 10.9 Å². The first-order valence-corrected chi connectivity index (χ1v) is 9.94. The molecule has 4 rings (SSSR count). The van der Waals surface area contributed by atoms with Crippen LogP contribution in [0.1, 0.15) is 24.0 Å². The second-order valence-corrected chi connectivity index (χ2v) is 7.74. The largest absolute Gasteiger partial charge is 0.395 e. The molecule has 0 unspecified atom stereocenters. The smallest absolute Gasteiger partial charge is 0.154 e. The number of anilines is 2. The molecule has 3 aromatic rings. The van der Waals surface area contributed by atoms with Crippen molar-refractivity contribution in [3.8, 4) is 0 Å². The number of hydrogen-bond donors (Lipinski definition) is 2. The SMILES string of the molecule is Nc1c(Cl)nc2ccccc2c1NCc1ccc(Cl)c(CN2CCCC2)c1. The molecule has 1 fully saturated rings. The van der Waals surface area contributed by atoms with Gasteiger partial charge < -0.3 is 11.1 Å². The zero-order chi connectivity index (χ0) is 18.8. The lowest BCUT2D eigenvalue weighted by Crippen LogP contribution is -2.18. The van der Waals surface area contributed by atoms with Gasteiger partial charge in [0, 0.05) is 23.5 Å². The van der Waals surface area contributed by atoms with Crippen LogP contribution in [0.3, 0.4) is 0 Å². The summed E-state index contributed by atoms with van der Waals surface area (Å²) in [7, 11) is 0. The third-order valence-corrected chi connectivity index (χ3v) is 5.71. The van der Waals surface area contributed by atoms with Crippen LogP contribution in [0.4, 0.5) is 11.4 Å². The number of pyridine rings is 1. The number of nitrogens with one attached hydrogen (secondary N) is 1. The van der Waals surface area contributed by atoms with Crippen LogP contribution in [-0.2, 0) is 13.1 Å². The van der Waals surface area contributed by atoms with Gasteiger partial charge in [-0.05, 0) is 49.2 Å². The highest BCUT2D eigenvalue weighted by Gasteiger charge is 2.14. The zero-order valence-electron chi connectivity index (χ0n) is 15.0. The lowest BCUT2D eigenvalue weighted by Gasteiger charge is -2.17. The standard InChI is InChI=1S/C21H22Cl2N4/c22-17-8-7-14(11-15(17)13-27-9-3-4-10-27)12-25-20-16-5-1-2-6-18(16)26-21(23)19(20)24/h1-2,5-8,11H,3-4,9-10,12-13,24H2,(H,25,26). The Hall–Kier alpha value is -2.01. The van der Waals surface area contributed by atoms with Gasteiger partial charge in [-0.15, -0.1) is 0 Å². The molecule has 2 aromatic carbocycles. The molecule has 0 amide bonds. The molecule has 0 atom stereocenters. The van der Waals surface area contributed by atoms with E-state index in [1.165, 1.54) is 18.4 Å². The minimum absolute atomic E-state index is 0.321. The highest BCUT2D eigenvalue weighted by molar-refractivity contribution is 6.33. The summed E-state index contributed by atoms with van der Waals surface area (Å²) in [4.78, 5) is 6.80. The van der Waals surface area contributed by atoms with E-state index in [9.17, 15) is 0 Å². The molecule has 6 heteroatoms. The summed E-state index contributed by atoms with van der Waals surface area (Å²) in [6.07, 6.45) is 2.54. The van der Waals surface area contributed by atoms with Gasteiger partial charge in [0.15, 0.2) is 5.15 Å². The third kappa shape index (κ3) is 3.98. The normalized spacial score (nSPS) is 14.7. The summed E-state index contributed by atoms with van der Waals surface area (Å²) in [6, 6.07) is 14.0. The Labute approximate surface area is 169 Å². The van der Waals surface area contributed by atoms with Crippen LogP contribution in [0.5, 0.6) is 0 Å². The van der Waals surface area contributed by atoms with Gasteiger partial charge in [-0.3, -0.25) is 4.90 Å². The maximum atomic E-state index is 6.42. The minimum atomic E-state index is 0.321. The Balaban J connectivity index is 1.57. The van der Waals surface area contributed by atoms with E-state index in [4.69, 9.17) is 28.9 Å². The third-order valence-electron chi connectivity index (χ3n) is 5.06. The average molecular weight is 401 g/mol. The molecular weight excluding hydrogens is 379 g/mol. The van der Waals surface area contributed by atoms with Gasteiger partial charge in [-0.1, -0.05) is 53.5 Å². The topological polar surface area (TPSA) is 54.2 Å². The average Bonchev–Trinajstić information content (AvgIpc) is 3.18. The number of nitrogen functional groups attached to an aromatic ring is 1. The molecule has 1 saturated heterocycles. The predicted molar refractivity (Wildman–Crippen MR) is 114 cm³/mol. The molecule has 4 nitrogen and oxygen atoms in total. The van der Waals surface area contributed by atoms with Crippen molar-refractivity contribution in [3.63, 3.8) is 0 Å². The molecule has 0 bridgehead atoms. The Bertz CT molecular complexity index is 968. The Morgan fingerprint density at radius 2 is 1.85 bits per heavy atom. The van der Waals surface area contributed by atoms with Gasteiger partial charge in [-0.2, -0.15) is 0 Å². The van der Waals surface area contributed by atoms with Crippen LogP contribution < -0.4 is 11.1 Å². The van der Waals surface area contributed by atoms with E-state index in [0.29, 0.717) is 17.4 Å². The lowest BCUT2D eigenvalue weighted by atomic mass is 10.1. The molecule has 0 spiro atoms. The van der Waals surface area contributed by atoms with E-state index in [1.54, 1.807) is 0 Å². The van der Waals surface area contributed by atoms with E-state index < -0.39 is 0 Å². The molecular formula is C21H22Cl2N4. The first-order chi connectivity index (χ1) is 13.1. The molecule has 1 aromatic heterocycles. The van der Waals surface area contributed by atoms with Gasteiger partial charge in [0.25, 0.3) is 0 Å². The van der Waals surface area contributed by atoms with Gasteiger partial charge in [0.1, 0.15) is 0 Å². The molecule has 27 heavy (non-hydrogen) atoms. The van der Waals surface area contributed by atoms with Crippen molar-refractivity contribution in [3.05, 3.63) is 63.8 Å². The summed E-state index contributed by atoms with van der Waals surface area (Å²) >= 11 is 12.6. The molecule has 0 aliphatic carbocycles. The monoisotopic (exact) mass is 400 g/mol. The molecule has 0 radical (unpaired) electrons. The summed E-state index contributed by atoms with van der Waals surface area (Å²) in [5, 5.41) is 5.55. The minimum Gasteiger partial charge on any atom is -0.395 e. The predicted octanol–water partition coefficient (Wildman–Crippen LogP) is 5.33. The van der Waals surface area contributed by atoms with E-state index in [0.717, 1.165) is 46.8 Å². The van der Waals surface area contributed by atoms with Crippen LogP contribution in [0, 0.1) is 0 Å². The highest BCUT2D eigenvalue weighted by atomic mass is 35.5. The Morgan fingerprint density at radius 1 is 1.07 bits per heavy atom. The number of halogens is 2. The summed E-state index contributed by atoms with van der Waals surface area (Å²) in [5.74, 6) is 0. The number of benzene rings is 2. The van der Waals surface area contributed by atoms with Gasteiger partial charge in [0.2, 0.25) is 0 Å². The summed E-state index contributed by atoms with van der Waals surface area (Å²) in [6.45, 7) is 3.84. The first-order valence-electron chi connectivity index (χ1n) is 9.19. The number of rotatable bonds is 5. The fourth-order valence-corrected chi connectivity index (χ4v) is 3.98.